The smallest absolute Gasteiger partial charge is 0.326 e. The third kappa shape index (κ3) is 4.37. The molecule has 152 valence electrons. The SMILES string of the molecule is CC[C@H](C)OC(=O)Cn1cnc2sc(C(=O)Nc3ccccc3C)c(C)c2c1=O. The Balaban J connectivity index is 1.90. The molecular formula is C21H23N3O4S. The highest BCUT2D eigenvalue weighted by Crippen LogP contribution is 2.28. The summed E-state index contributed by atoms with van der Waals surface area (Å²) in [6.07, 6.45) is 1.80. The second kappa shape index (κ2) is 8.57. The largest absolute Gasteiger partial charge is 0.461 e. The molecule has 1 aromatic carbocycles. The van der Waals surface area contributed by atoms with Gasteiger partial charge in [-0.2, -0.15) is 0 Å². The number of benzene rings is 1. The van der Waals surface area contributed by atoms with Gasteiger partial charge in [0.25, 0.3) is 11.5 Å². The number of fused-ring (bicyclic) bond motifs is 1. The van der Waals surface area contributed by atoms with E-state index in [9.17, 15) is 14.4 Å². The Morgan fingerprint density at radius 2 is 2.00 bits per heavy atom. The summed E-state index contributed by atoms with van der Waals surface area (Å²) < 4.78 is 6.45. The monoisotopic (exact) mass is 413 g/mol. The van der Waals surface area contributed by atoms with Crippen molar-refractivity contribution in [2.45, 2.75) is 46.8 Å². The summed E-state index contributed by atoms with van der Waals surface area (Å²) in [5.74, 6) is -0.782. The molecule has 1 amide bonds. The molecule has 0 bridgehead atoms. The normalized spacial score (nSPS) is 12.0. The van der Waals surface area contributed by atoms with Gasteiger partial charge in [0.05, 0.1) is 22.7 Å². The van der Waals surface area contributed by atoms with E-state index >= 15 is 0 Å². The lowest BCUT2D eigenvalue weighted by molar-refractivity contribution is -0.149. The number of hydrogen-bond acceptors (Lipinski definition) is 6. The van der Waals surface area contributed by atoms with Crippen molar-refractivity contribution in [1.29, 1.82) is 0 Å². The van der Waals surface area contributed by atoms with Crippen LogP contribution in [0.4, 0.5) is 5.69 Å². The lowest BCUT2D eigenvalue weighted by Gasteiger charge is -2.11. The van der Waals surface area contributed by atoms with Crippen LogP contribution < -0.4 is 10.9 Å². The first kappa shape index (κ1) is 20.7. The van der Waals surface area contributed by atoms with Crippen molar-refractivity contribution in [2.75, 3.05) is 5.32 Å². The van der Waals surface area contributed by atoms with Gasteiger partial charge in [-0.3, -0.25) is 19.0 Å². The maximum atomic E-state index is 12.9. The van der Waals surface area contributed by atoms with Gasteiger partial charge in [0.1, 0.15) is 11.4 Å². The van der Waals surface area contributed by atoms with Crippen LogP contribution in [0.25, 0.3) is 10.2 Å². The van der Waals surface area contributed by atoms with Crippen LogP contribution in [0.1, 0.15) is 41.1 Å². The summed E-state index contributed by atoms with van der Waals surface area (Å²) in [6.45, 7) is 7.12. The van der Waals surface area contributed by atoms with Crippen molar-refractivity contribution in [3.8, 4) is 0 Å². The molecule has 0 unspecified atom stereocenters. The number of ether oxygens (including phenoxy) is 1. The molecule has 0 saturated carbocycles. The topological polar surface area (TPSA) is 90.3 Å². The third-order valence-electron chi connectivity index (χ3n) is 4.72. The van der Waals surface area contributed by atoms with Crippen LogP contribution >= 0.6 is 11.3 Å². The molecule has 3 aromatic rings. The summed E-state index contributed by atoms with van der Waals surface area (Å²) >= 11 is 1.16. The molecule has 1 atom stereocenters. The van der Waals surface area contributed by atoms with Gasteiger partial charge in [-0.1, -0.05) is 25.1 Å². The third-order valence-corrected chi connectivity index (χ3v) is 5.92. The first-order valence-electron chi connectivity index (χ1n) is 9.36. The van der Waals surface area contributed by atoms with Crippen LogP contribution in [0.3, 0.4) is 0 Å². The lowest BCUT2D eigenvalue weighted by atomic mass is 10.2. The minimum atomic E-state index is -0.493. The predicted octanol–water partition coefficient (Wildman–Crippen LogP) is 3.67. The average molecular weight is 413 g/mol. The van der Waals surface area contributed by atoms with E-state index < -0.39 is 5.97 Å². The van der Waals surface area contributed by atoms with E-state index in [1.165, 1.54) is 10.9 Å². The number of carbonyl (C=O) groups is 2. The van der Waals surface area contributed by atoms with E-state index in [0.717, 1.165) is 16.9 Å². The second-order valence-corrected chi connectivity index (χ2v) is 7.89. The Morgan fingerprint density at radius 1 is 1.28 bits per heavy atom. The molecular weight excluding hydrogens is 390 g/mol. The fourth-order valence-corrected chi connectivity index (χ4v) is 3.90. The van der Waals surface area contributed by atoms with Crippen molar-refractivity contribution < 1.29 is 14.3 Å². The van der Waals surface area contributed by atoms with Crippen molar-refractivity contribution in [2.24, 2.45) is 0 Å². The van der Waals surface area contributed by atoms with Crippen LogP contribution in [0.2, 0.25) is 0 Å². The number of para-hydroxylation sites is 1. The fraction of sp³-hybridized carbons (Fsp3) is 0.333. The molecule has 0 saturated heterocycles. The van der Waals surface area contributed by atoms with Crippen LogP contribution in [0.15, 0.2) is 35.4 Å². The first-order valence-corrected chi connectivity index (χ1v) is 10.2. The molecule has 0 spiro atoms. The molecule has 0 aliphatic rings. The minimum absolute atomic E-state index is 0.213. The van der Waals surface area contributed by atoms with Gasteiger partial charge in [-0.25, -0.2) is 4.98 Å². The van der Waals surface area contributed by atoms with Crippen molar-refractivity contribution in [3.05, 3.63) is 57.0 Å². The maximum absolute atomic E-state index is 12.9. The van der Waals surface area contributed by atoms with Gasteiger partial charge >= 0.3 is 5.97 Å². The second-order valence-electron chi connectivity index (χ2n) is 6.89. The molecule has 0 aliphatic carbocycles. The highest BCUT2D eigenvalue weighted by Gasteiger charge is 2.21. The standard InChI is InChI=1S/C21H23N3O4S/c1-5-13(3)28-16(25)10-24-11-22-20-17(21(24)27)14(4)18(29-20)19(26)23-15-9-7-6-8-12(15)2/h6-9,11,13H,5,10H2,1-4H3,(H,23,26)/t13-/m0/s1. The van der Waals surface area contributed by atoms with Gasteiger partial charge < -0.3 is 10.1 Å². The molecule has 0 radical (unpaired) electrons. The van der Waals surface area contributed by atoms with Crippen molar-refractivity contribution in [1.82, 2.24) is 9.55 Å². The van der Waals surface area contributed by atoms with Crippen LogP contribution in [0, 0.1) is 13.8 Å². The predicted molar refractivity (Wildman–Crippen MR) is 114 cm³/mol. The molecule has 29 heavy (non-hydrogen) atoms. The van der Waals surface area contributed by atoms with E-state index in [-0.39, 0.29) is 24.1 Å². The first-order chi connectivity index (χ1) is 13.8. The van der Waals surface area contributed by atoms with Crippen molar-refractivity contribution in [3.63, 3.8) is 0 Å². The summed E-state index contributed by atoms with van der Waals surface area (Å²) in [5, 5.41) is 3.23. The zero-order valence-corrected chi connectivity index (χ0v) is 17.6. The zero-order chi connectivity index (χ0) is 21.1. The molecule has 7 nitrogen and oxygen atoms in total. The van der Waals surface area contributed by atoms with Crippen molar-refractivity contribution >= 4 is 39.1 Å². The number of thiophene rings is 1. The number of carbonyl (C=O) groups excluding carboxylic acids is 2. The number of rotatable bonds is 6. The number of esters is 1. The highest BCUT2D eigenvalue weighted by molar-refractivity contribution is 7.20. The molecule has 1 N–H and O–H groups in total. The van der Waals surface area contributed by atoms with E-state index in [1.54, 1.807) is 13.8 Å². The Bertz CT molecular complexity index is 1130. The van der Waals surface area contributed by atoms with Crippen LogP contribution in [-0.4, -0.2) is 27.5 Å². The van der Waals surface area contributed by atoms with E-state index in [0.29, 0.717) is 32.8 Å². The van der Waals surface area contributed by atoms with Gasteiger partial charge in [-0.15, -0.1) is 11.3 Å². The lowest BCUT2D eigenvalue weighted by Crippen LogP contribution is -2.27. The number of nitrogens with one attached hydrogen (secondary N) is 1. The maximum Gasteiger partial charge on any atom is 0.326 e. The van der Waals surface area contributed by atoms with Gasteiger partial charge in [0.15, 0.2) is 0 Å². The Kier molecular flexibility index (Phi) is 6.12. The van der Waals surface area contributed by atoms with Crippen LogP contribution in [0.5, 0.6) is 0 Å². The van der Waals surface area contributed by atoms with E-state index in [4.69, 9.17) is 4.74 Å². The van der Waals surface area contributed by atoms with E-state index in [2.05, 4.69) is 10.3 Å². The molecule has 2 heterocycles. The van der Waals surface area contributed by atoms with Gasteiger partial charge in [0, 0.05) is 5.69 Å². The number of nitrogens with zero attached hydrogens (tertiary/aromatic N) is 2. The Morgan fingerprint density at radius 3 is 2.69 bits per heavy atom. The molecule has 0 aliphatic heterocycles. The number of aryl methyl sites for hydroxylation is 2. The Labute approximate surface area is 172 Å². The van der Waals surface area contributed by atoms with Crippen LogP contribution in [-0.2, 0) is 16.1 Å². The Hall–Kier alpha value is -3.00. The summed E-state index contributed by atoms with van der Waals surface area (Å²) in [7, 11) is 0. The summed E-state index contributed by atoms with van der Waals surface area (Å²) in [6, 6.07) is 7.48. The molecule has 8 heteroatoms. The summed E-state index contributed by atoms with van der Waals surface area (Å²) in [5.41, 5.74) is 1.85. The van der Waals surface area contributed by atoms with E-state index in [1.807, 2.05) is 38.1 Å². The minimum Gasteiger partial charge on any atom is -0.461 e. The number of hydrogen-bond donors (Lipinski definition) is 1. The molecule has 3 rings (SSSR count). The highest BCUT2D eigenvalue weighted by atomic mass is 32.1. The summed E-state index contributed by atoms with van der Waals surface area (Å²) in [4.78, 5) is 42.9. The molecule has 0 fully saturated rings. The fourth-order valence-electron chi connectivity index (χ4n) is 2.86. The zero-order valence-electron chi connectivity index (χ0n) is 16.8. The van der Waals surface area contributed by atoms with Gasteiger partial charge in [-0.05, 0) is 44.4 Å². The van der Waals surface area contributed by atoms with Gasteiger partial charge in [0.2, 0.25) is 0 Å². The number of anilines is 1. The molecule has 2 aromatic heterocycles. The average Bonchev–Trinajstić information content (AvgIpc) is 3.03. The number of amides is 1. The number of aromatic nitrogens is 2. The quantitative estimate of drug-likeness (QED) is 0.623.